The van der Waals surface area contributed by atoms with Crippen molar-refractivity contribution in [3.63, 3.8) is 0 Å². The number of ether oxygens (including phenoxy) is 1. The van der Waals surface area contributed by atoms with Crippen LogP contribution in [0.5, 0.6) is 5.75 Å². The van der Waals surface area contributed by atoms with E-state index in [-0.39, 0.29) is 11.4 Å². The number of hydrogen-bond donors (Lipinski definition) is 2. The predicted octanol–water partition coefficient (Wildman–Crippen LogP) is 4.99. The van der Waals surface area contributed by atoms with Crippen molar-refractivity contribution in [3.05, 3.63) is 64.8 Å². The second-order valence-electron chi connectivity index (χ2n) is 5.20. The lowest BCUT2D eigenvalue weighted by Crippen LogP contribution is -2.17. The Balaban J connectivity index is 1.73. The first-order chi connectivity index (χ1) is 12.3. The molecule has 9 heteroatoms. The fourth-order valence-electron chi connectivity index (χ4n) is 2.18. The Labute approximate surface area is 154 Å². The van der Waals surface area contributed by atoms with E-state index >= 15 is 0 Å². The summed E-state index contributed by atoms with van der Waals surface area (Å²) in [7, 11) is 0. The summed E-state index contributed by atoms with van der Waals surface area (Å²) in [6.45, 7) is 0. The maximum atomic E-state index is 12.3. The SMILES string of the molecule is O=C(Nc1cccc(OC(F)(F)F)c1)c1cc(-c2ccc(Br)cc2)n[nH]1. The van der Waals surface area contributed by atoms with Gasteiger partial charge in [-0.25, -0.2) is 0 Å². The van der Waals surface area contributed by atoms with E-state index in [0.29, 0.717) is 5.69 Å². The molecule has 0 unspecified atom stereocenters. The third-order valence-corrected chi connectivity index (χ3v) is 3.82. The molecule has 0 aliphatic rings. The maximum Gasteiger partial charge on any atom is 0.573 e. The van der Waals surface area contributed by atoms with Gasteiger partial charge in [0.25, 0.3) is 5.91 Å². The van der Waals surface area contributed by atoms with Gasteiger partial charge < -0.3 is 10.1 Å². The van der Waals surface area contributed by atoms with Gasteiger partial charge in [-0.3, -0.25) is 9.89 Å². The molecule has 0 fully saturated rings. The lowest BCUT2D eigenvalue weighted by molar-refractivity contribution is -0.274. The van der Waals surface area contributed by atoms with Crippen LogP contribution in [0.25, 0.3) is 11.3 Å². The largest absolute Gasteiger partial charge is 0.573 e. The number of hydrogen-bond acceptors (Lipinski definition) is 3. The molecule has 0 aliphatic carbocycles. The summed E-state index contributed by atoms with van der Waals surface area (Å²) in [5, 5.41) is 9.17. The molecule has 0 saturated carbocycles. The highest BCUT2D eigenvalue weighted by Crippen LogP contribution is 2.25. The van der Waals surface area contributed by atoms with Crippen LogP contribution in [0.3, 0.4) is 0 Å². The minimum Gasteiger partial charge on any atom is -0.406 e. The lowest BCUT2D eigenvalue weighted by Gasteiger charge is -2.10. The Bertz CT molecular complexity index is 924. The molecular weight excluding hydrogens is 415 g/mol. The summed E-state index contributed by atoms with van der Waals surface area (Å²) in [5.41, 5.74) is 1.71. The van der Waals surface area contributed by atoms with E-state index in [1.165, 1.54) is 12.1 Å². The van der Waals surface area contributed by atoms with Gasteiger partial charge in [-0.2, -0.15) is 5.10 Å². The van der Waals surface area contributed by atoms with Crippen LogP contribution >= 0.6 is 15.9 Å². The highest BCUT2D eigenvalue weighted by atomic mass is 79.9. The average Bonchev–Trinajstić information content (AvgIpc) is 3.04. The molecule has 0 bridgehead atoms. The van der Waals surface area contributed by atoms with Gasteiger partial charge in [0, 0.05) is 21.8 Å². The maximum absolute atomic E-state index is 12.3. The second kappa shape index (κ2) is 7.20. The molecule has 3 aromatic rings. The third kappa shape index (κ3) is 4.63. The molecule has 1 amide bonds. The number of carbonyl (C=O) groups excluding carboxylic acids is 1. The van der Waals surface area contributed by atoms with Crippen LogP contribution in [-0.2, 0) is 0 Å². The summed E-state index contributed by atoms with van der Waals surface area (Å²) >= 11 is 3.33. The first kappa shape index (κ1) is 18.0. The van der Waals surface area contributed by atoms with Crippen molar-refractivity contribution in [2.75, 3.05) is 5.32 Å². The second-order valence-corrected chi connectivity index (χ2v) is 6.12. The average molecular weight is 426 g/mol. The number of carbonyl (C=O) groups is 1. The van der Waals surface area contributed by atoms with Crippen molar-refractivity contribution >= 4 is 27.5 Å². The van der Waals surface area contributed by atoms with Crippen LogP contribution in [0, 0.1) is 0 Å². The van der Waals surface area contributed by atoms with E-state index in [1.54, 1.807) is 6.07 Å². The van der Waals surface area contributed by atoms with Gasteiger partial charge in [-0.15, -0.1) is 13.2 Å². The van der Waals surface area contributed by atoms with Crippen molar-refractivity contribution in [2.45, 2.75) is 6.36 Å². The number of amides is 1. The number of alkyl halides is 3. The van der Waals surface area contributed by atoms with E-state index in [9.17, 15) is 18.0 Å². The molecule has 0 spiro atoms. The molecule has 26 heavy (non-hydrogen) atoms. The number of aromatic nitrogens is 2. The summed E-state index contributed by atoms with van der Waals surface area (Å²) in [4.78, 5) is 12.3. The molecule has 2 aromatic carbocycles. The van der Waals surface area contributed by atoms with Crippen molar-refractivity contribution in [1.29, 1.82) is 0 Å². The van der Waals surface area contributed by atoms with Crippen LogP contribution in [0.4, 0.5) is 18.9 Å². The quantitative estimate of drug-likeness (QED) is 0.618. The van der Waals surface area contributed by atoms with Crippen LogP contribution in [0.15, 0.2) is 59.1 Å². The molecule has 3 rings (SSSR count). The summed E-state index contributed by atoms with van der Waals surface area (Å²) in [6, 6.07) is 13.9. The summed E-state index contributed by atoms with van der Waals surface area (Å²) in [5.74, 6) is -0.958. The zero-order valence-corrected chi connectivity index (χ0v) is 14.6. The van der Waals surface area contributed by atoms with Gasteiger partial charge in [0.05, 0.1) is 5.69 Å². The number of nitrogens with zero attached hydrogens (tertiary/aromatic N) is 1. The number of anilines is 1. The molecule has 0 aliphatic heterocycles. The van der Waals surface area contributed by atoms with Crippen molar-refractivity contribution < 1.29 is 22.7 Å². The molecule has 2 N–H and O–H groups in total. The van der Waals surface area contributed by atoms with Crippen LogP contribution in [0.2, 0.25) is 0 Å². The van der Waals surface area contributed by atoms with Crippen LogP contribution in [-0.4, -0.2) is 22.5 Å². The smallest absolute Gasteiger partial charge is 0.406 e. The zero-order chi connectivity index (χ0) is 18.7. The van der Waals surface area contributed by atoms with Crippen molar-refractivity contribution in [1.82, 2.24) is 10.2 Å². The van der Waals surface area contributed by atoms with Crippen molar-refractivity contribution in [3.8, 4) is 17.0 Å². The van der Waals surface area contributed by atoms with E-state index in [4.69, 9.17) is 0 Å². The van der Waals surface area contributed by atoms with Gasteiger partial charge in [0.1, 0.15) is 11.4 Å². The summed E-state index contributed by atoms with van der Waals surface area (Å²) in [6.07, 6.45) is -4.80. The summed E-state index contributed by atoms with van der Waals surface area (Å²) < 4.78 is 41.5. The Morgan fingerprint density at radius 2 is 1.85 bits per heavy atom. The Morgan fingerprint density at radius 3 is 2.54 bits per heavy atom. The Kier molecular flexibility index (Phi) is 4.99. The third-order valence-electron chi connectivity index (χ3n) is 3.29. The number of halogens is 4. The van der Waals surface area contributed by atoms with Gasteiger partial charge in [-0.1, -0.05) is 34.1 Å². The standard InChI is InChI=1S/C17H11BrF3N3O2/c18-11-6-4-10(5-7-11)14-9-15(24-23-14)16(25)22-12-2-1-3-13(8-12)26-17(19,20)21/h1-9H,(H,22,25)(H,23,24). The van der Waals surface area contributed by atoms with Gasteiger partial charge in [0.2, 0.25) is 0 Å². The molecule has 1 heterocycles. The van der Waals surface area contributed by atoms with E-state index in [0.717, 1.165) is 22.2 Å². The Morgan fingerprint density at radius 1 is 1.12 bits per heavy atom. The van der Waals surface area contributed by atoms with Gasteiger partial charge in [-0.05, 0) is 30.3 Å². The lowest BCUT2D eigenvalue weighted by atomic mass is 10.1. The van der Waals surface area contributed by atoms with Crippen LogP contribution in [0.1, 0.15) is 10.5 Å². The minimum atomic E-state index is -4.80. The predicted molar refractivity (Wildman–Crippen MR) is 92.8 cm³/mol. The number of aromatic amines is 1. The highest BCUT2D eigenvalue weighted by molar-refractivity contribution is 9.10. The van der Waals surface area contributed by atoms with E-state index in [2.05, 4.69) is 36.2 Å². The Hall–Kier alpha value is -2.81. The monoisotopic (exact) mass is 425 g/mol. The molecular formula is C17H11BrF3N3O2. The van der Waals surface area contributed by atoms with Gasteiger partial charge >= 0.3 is 6.36 Å². The topological polar surface area (TPSA) is 67.0 Å². The number of benzene rings is 2. The first-order valence-electron chi connectivity index (χ1n) is 7.29. The molecule has 134 valence electrons. The fourth-order valence-corrected chi connectivity index (χ4v) is 2.44. The fraction of sp³-hybridized carbons (Fsp3) is 0.0588. The number of rotatable bonds is 4. The molecule has 0 saturated heterocycles. The molecule has 0 radical (unpaired) electrons. The molecule has 0 atom stereocenters. The highest BCUT2D eigenvalue weighted by Gasteiger charge is 2.31. The zero-order valence-electron chi connectivity index (χ0n) is 13.0. The van der Waals surface area contributed by atoms with E-state index < -0.39 is 18.0 Å². The number of H-pyrrole nitrogens is 1. The minimum absolute atomic E-state index is 0.163. The normalized spacial score (nSPS) is 11.2. The first-order valence-corrected chi connectivity index (χ1v) is 8.08. The van der Waals surface area contributed by atoms with Gasteiger partial charge in [0.15, 0.2) is 0 Å². The van der Waals surface area contributed by atoms with E-state index in [1.807, 2.05) is 24.3 Å². The van der Waals surface area contributed by atoms with Crippen molar-refractivity contribution in [2.24, 2.45) is 0 Å². The number of nitrogens with one attached hydrogen (secondary N) is 2. The van der Waals surface area contributed by atoms with Crippen LogP contribution < -0.4 is 10.1 Å². The molecule has 5 nitrogen and oxygen atoms in total. The molecule has 1 aromatic heterocycles.